The molecular weight excluding hydrogens is 220 g/mol. The minimum Gasteiger partial charge on any atom is -0.468 e. The molecule has 1 aliphatic rings. The smallest absolute Gasteiger partial charge is 0.325 e. The number of ether oxygens (including phenoxy) is 1. The molecule has 1 N–H and O–H groups in total. The molecule has 1 aliphatic heterocycles. The predicted molar refractivity (Wildman–Crippen MR) is 64.1 cm³/mol. The first-order chi connectivity index (χ1) is 8.11. The number of likely N-dealkylation sites (N-methyl/N-ethyl adjacent to an activating group) is 1. The number of benzene rings is 1. The number of amides is 1. The number of nitrogens with zero attached hydrogens (tertiary/aromatic N) is 1. The van der Waals surface area contributed by atoms with Crippen molar-refractivity contribution in [2.24, 2.45) is 0 Å². The Bertz CT molecular complexity index is 471. The number of hydrogen-bond acceptors (Lipinski definition) is 4. The lowest BCUT2D eigenvalue weighted by Crippen LogP contribution is -2.20. The normalized spacial score (nSPS) is 13.5. The van der Waals surface area contributed by atoms with E-state index in [1.165, 1.54) is 7.11 Å². The molecule has 5 heteroatoms. The van der Waals surface area contributed by atoms with E-state index < -0.39 is 0 Å². The summed E-state index contributed by atoms with van der Waals surface area (Å²) in [6, 6.07) is 5.61. The van der Waals surface area contributed by atoms with Crippen LogP contribution in [0.3, 0.4) is 0 Å². The van der Waals surface area contributed by atoms with Gasteiger partial charge in [0.05, 0.1) is 13.5 Å². The maximum absolute atomic E-state index is 11.5. The lowest BCUT2D eigenvalue weighted by Gasteiger charge is -2.11. The summed E-state index contributed by atoms with van der Waals surface area (Å²) in [5.41, 5.74) is 2.73. The molecular formula is C12H14N2O3. The monoisotopic (exact) mass is 234 g/mol. The van der Waals surface area contributed by atoms with E-state index in [-0.39, 0.29) is 18.4 Å². The zero-order valence-electron chi connectivity index (χ0n) is 9.82. The van der Waals surface area contributed by atoms with Gasteiger partial charge in [0.1, 0.15) is 6.54 Å². The van der Waals surface area contributed by atoms with Gasteiger partial charge in [-0.25, -0.2) is 0 Å². The molecule has 1 aromatic carbocycles. The van der Waals surface area contributed by atoms with Gasteiger partial charge in [-0.2, -0.15) is 0 Å². The summed E-state index contributed by atoms with van der Waals surface area (Å²) in [6.07, 6.45) is 0.416. The lowest BCUT2D eigenvalue weighted by atomic mass is 10.1. The second kappa shape index (κ2) is 4.45. The third kappa shape index (κ3) is 2.22. The molecule has 0 aliphatic carbocycles. The van der Waals surface area contributed by atoms with Crippen LogP contribution in [0, 0.1) is 0 Å². The number of esters is 1. The highest BCUT2D eigenvalue weighted by atomic mass is 16.5. The van der Waals surface area contributed by atoms with E-state index in [9.17, 15) is 9.59 Å². The summed E-state index contributed by atoms with van der Waals surface area (Å²) in [6.45, 7) is 0.124. The van der Waals surface area contributed by atoms with Gasteiger partial charge in [-0.1, -0.05) is 0 Å². The molecule has 1 heterocycles. The van der Waals surface area contributed by atoms with Gasteiger partial charge in [0.15, 0.2) is 0 Å². The largest absolute Gasteiger partial charge is 0.468 e. The average molecular weight is 234 g/mol. The van der Waals surface area contributed by atoms with Gasteiger partial charge in [-0.15, -0.1) is 0 Å². The van der Waals surface area contributed by atoms with Crippen LogP contribution in [-0.2, 0) is 20.7 Å². The molecule has 90 valence electrons. The van der Waals surface area contributed by atoms with Crippen LogP contribution in [0.1, 0.15) is 5.56 Å². The Morgan fingerprint density at radius 2 is 2.29 bits per heavy atom. The van der Waals surface area contributed by atoms with Crippen LogP contribution in [0.15, 0.2) is 18.2 Å². The first-order valence-corrected chi connectivity index (χ1v) is 5.32. The summed E-state index contributed by atoms with van der Waals surface area (Å²) in [5, 5.41) is 2.95. The summed E-state index contributed by atoms with van der Waals surface area (Å²) >= 11 is 0. The Labute approximate surface area is 99.4 Å². The molecule has 1 amide bonds. The highest BCUT2D eigenvalue weighted by Crippen LogP contribution is 2.29. The molecule has 0 saturated carbocycles. The molecule has 5 nitrogen and oxygen atoms in total. The van der Waals surface area contributed by atoms with Crippen molar-refractivity contribution < 1.29 is 14.3 Å². The highest BCUT2D eigenvalue weighted by Gasteiger charge is 2.23. The van der Waals surface area contributed by atoms with Gasteiger partial charge in [0.2, 0.25) is 5.91 Å². The third-order valence-electron chi connectivity index (χ3n) is 2.82. The van der Waals surface area contributed by atoms with Crippen molar-refractivity contribution >= 4 is 23.3 Å². The number of carbonyl (C=O) groups is 2. The fourth-order valence-electron chi connectivity index (χ4n) is 1.83. The SMILES string of the molecule is COC(=O)CNc1ccc2c(c1)CC(=O)N2C. The van der Waals surface area contributed by atoms with Crippen molar-refractivity contribution in [3.63, 3.8) is 0 Å². The molecule has 0 saturated heterocycles. The summed E-state index contributed by atoms with van der Waals surface area (Å²) in [4.78, 5) is 24.1. The first kappa shape index (κ1) is 11.4. The van der Waals surface area contributed by atoms with E-state index in [0.717, 1.165) is 16.9 Å². The van der Waals surface area contributed by atoms with Crippen molar-refractivity contribution in [3.05, 3.63) is 23.8 Å². The van der Waals surface area contributed by atoms with Gasteiger partial charge in [0.25, 0.3) is 0 Å². The molecule has 2 rings (SSSR count). The van der Waals surface area contributed by atoms with E-state index >= 15 is 0 Å². The van der Waals surface area contributed by atoms with Gasteiger partial charge >= 0.3 is 5.97 Å². The Hall–Kier alpha value is -2.04. The van der Waals surface area contributed by atoms with E-state index in [4.69, 9.17) is 0 Å². The Balaban J connectivity index is 2.11. The van der Waals surface area contributed by atoms with Gasteiger partial charge in [-0.05, 0) is 23.8 Å². The number of carbonyl (C=O) groups excluding carboxylic acids is 2. The van der Waals surface area contributed by atoms with Crippen LogP contribution in [0.5, 0.6) is 0 Å². The van der Waals surface area contributed by atoms with Crippen LogP contribution in [0.25, 0.3) is 0 Å². The van der Waals surface area contributed by atoms with Crippen LogP contribution >= 0.6 is 0 Å². The minimum absolute atomic E-state index is 0.0881. The van der Waals surface area contributed by atoms with Crippen molar-refractivity contribution in [1.82, 2.24) is 0 Å². The summed E-state index contributed by atoms with van der Waals surface area (Å²) in [5.74, 6) is -0.233. The topological polar surface area (TPSA) is 58.6 Å². The van der Waals surface area contributed by atoms with Crippen LogP contribution in [-0.4, -0.2) is 32.6 Å². The predicted octanol–water partition coefficient (Wildman–Crippen LogP) is 0.790. The molecule has 0 bridgehead atoms. The van der Waals surface area contributed by atoms with Crippen molar-refractivity contribution in [1.29, 1.82) is 0 Å². The number of fused-ring (bicyclic) bond motifs is 1. The Morgan fingerprint density at radius 1 is 1.53 bits per heavy atom. The van der Waals surface area contributed by atoms with E-state index in [1.54, 1.807) is 11.9 Å². The van der Waals surface area contributed by atoms with Crippen LogP contribution in [0.2, 0.25) is 0 Å². The van der Waals surface area contributed by atoms with Gasteiger partial charge in [-0.3, -0.25) is 9.59 Å². The fraction of sp³-hybridized carbons (Fsp3) is 0.333. The number of rotatable bonds is 3. The zero-order valence-corrected chi connectivity index (χ0v) is 9.82. The maximum atomic E-state index is 11.5. The second-order valence-corrected chi connectivity index (χ2v) is 3.90. The van der Waals surface area contributed by atoms with E-state index in [2.05, 4.69) is 10.1 Å². The molecule has 0 fully saturated rings. The molecule has 17 heavy (non-hydrogen) atoms. The van der Waals surface area contributed by atoms with Crippen LogP contribution in [0.4, 0.5) is 11.4 Å². The first-order valence-electron chi connectivity index (χ1n) is 5.32. The summed E-state index contributed by atoms with van der Waals surface area (Å²) < 4.78 is 4.53. The lowest BCUT2D eigenvalue weighted by molar-refractivity contribution is -0.138. The maximum Gasteiger partial charge on any atom is 0.325 e. The number of anilines is 2. The molecule has 0 aromatic heterocycles. The Morgan fingerprint density at radius 3 is 3.00 bits per heavy atom. The summed E-state index contributed by atoms with van der Waals surface area (Å²) in [7, 11) is 3.11. The van der Waals surface area contributed by atoms with E-state index in [0.29, 0.717) is 6.42 Å². The van der Waals surface area contributed by atoms with Gasteiger partial charge < -0.3 is 15.0 Å². The third-order valence-corrected chi connectivity index (χ3v) is 2.82. The molecule has 0 atom stereocenters. The standard InChI is InChI=1S/C12H14N2O3/c1-14-10-4-3-9(13-7-12(16)17-2)5-8(10)6-11(14)15/h3-5,13H,6-7H2,1-2H3. The second-order valence-electron chi connectivity index (χ2n) is 3.90. The molecule has 0 radical (unpaired) electrons. The quantitative estimate of drug-likeness (QED) is 0.785. The molecule has 0 unspecified atom stereocenters. The molecule has 0 spiro atoms. The van der Waals surface area contributed by atoms with E-state index in [1.807, 2.05) is 18.2 Å². The zero-order chi connectivity index (χ0) is 12.4. The minimum atomic E-state index is -0.321. The number of hydrogen-bond donors (Lipinski definition) is 1. The van der Waals surface area contributed by atoms with Crippen LogP contribution < -0.4 is 10.2 Å². The highest BCUT2D eigenvalue weighted by molar-refractivity contribution is 6.01. The van der Waals surface area contributed by atoms with Crippen molar-refractivity contribution in [2.75, 3.05) is 30.9 Å². The fourth-order valence-corrected chi connectivity index (χ4v) is 1.83. The average Bonchev–Trinajstić information content (AvgIpc) is 2.62. The number of methoxy groups -OCH3 is 1. The van der Waals surface area contributed by atoms with Crippen molar-refractivity contribution in [2.45, 2.75) is 6.42 Å². The number of nitrogens with one attached hydrogen (secondary N) is 1. The molecule has 1 aromatic rings. The Kier molecular flexibility index (Phi) is 2.99. The van der Waals surface area contributed by atoms with Gasteiger partial charge in [0, 0.05) is 18.4 Å². The van der Waals surface area contributed by atoms with Crippen molar-refractivity contribution in [3.8, 4) is 0 Å².